The first-order valence-corrected chi connectivity index (χ1v) is 8.22. The molecule has 3 heterocycles. The van der Waals surface area contributed by atoms with Crippen LogP contribution in [0.3, 0.4) is 0 Å². The lowest BCUT2D eigenvalue weighted by atomic mass is 10.2. The van der Waals surface area contributed by atoms with E-state index in [0.29, 0.717) is 11.8 Å². The molecule has 1 aromatic carbocycles. The Kier molecular flexibility index (Phi) is 4.20. The Morgan fingerprint density at radius 1 is 1.00 bits per heavy atom. The van der Waals surface area contributed by atoms with Crippen LogP contribution >= 0.6 is 0 Å². The molecule has 2 aromatic heterocycles. The molecule has 0 bridgehead atoms. The van der Waals surface area contributed by atoms with E-state index in [4.69, 9.17) is 9.26 Å². The minimum atomic E-state index is 0.554. The number of methoxy groups -OCH3 is 1. The van der Waals surface area contributed by atoms with Crippen molar-refractivity contribution in [3.05, 3.63) is 48.7 Å². The molecule has 1 fully saturated rings. The van der Waals surface area contributed by atoms with E-state index in [1.807, 2.05) is 48.7 Å². The Morgan fingerprint density at radius 2 is 1.84 bits per heavy atom. The first kappa shape index (κ1) is 15.4. The fraction of sp³-hybridized carbons (Fsp3) is 0.278. The summed E-state index contributed by atoms with van der Waals surface area (Å²) in [7, 11) is 1.64. The molecule has 0 spiro atoms. The molecule has 4 rings (SSSR count). The van der Waals surface area contributed by atoms with E-state index in [1.54, 1.807) is 7.11 Å². The number of benzene rings is 1. The van der Waals surface area contributed by atoms with Gasteiger partial charge in [0.1, 0.15) is 11.6 Å². The SMILES string of the molecule is COc1cccc(-c2noc(N3CCN(c4ccccn4)CC3)n2)c1. The van der Waals surface area contributed by atoms with Crippen molar-refractivity contribution >= 4 is 11.8 Å². The van der Waals surface area contributed by atoms with Crippen LogP contribution in [-0.2, 0) is 0 Å². The van der Waals surface area contributed by atoms with Crippen molar-refractivity contribution in [2.45, 2.75) is 0 Å². The number of pyridine rings is 1. The van der Waals surface area contributed by atoms with Gasteiger partial charge in [0.2, 0.25) is 5.82 Å². The van der Waals surface area contributed by atoms with Crippen molar-refractivity contribution in [2.24, 2.45) is 0 Å². The maximum Gasteiger partial charge on any atom is 0.324 e. The van der Waals surface area contributed by atoms with Crippen LogP contribution < -0.4 is 14.5 Å². The number of ether oxygens (including phenoxy) is 1. The van der Waals surface area contributed by atoms with Crippen LogP contribution in [0.5, 0.6) is 5.75 Å². The smallest absolute Gasteiger partial charge is 0.324 e. The molecule has 1 aliphatic heterocycles. The van der Waals surface area contributed by atoms with Crippen molar-refractivity contribution in [2.75, 3.05) is 43.1 Å². The second kappa shape index (κ2) is 6.80. The van der Waals surface area contributed by atoms with Gasteiger partial charge in [-0.2, -0.15) is 4.98 Å². The summed E-state index contributed by atoms with van der Waals surface area (Å²) in [6.07, 6.45) is 1.82. The fourth-order valence-corrected chi connectivity index (χ4v) is 2.89. The summed E-state index contributed by atoms with van der Waals surface area (Å²) in [5.74, 6) is 2.35. The van der Waals surface area contributed by atoms with E-state index in [1.165, 1.54) is 0 Å². The Labute approximate surface area is 145 Å². The lowest BCUT2D eigenvalue weighted by Crippen LogP contribution is -2.47. The third-order valence-corrected chi connectivity index (χ3v) is 4.27. The normalized spacial score (nSPS) is 14.6. The highest BCUT2D eigenvalue weighted by molar-refractivity contribution is 5.58. The third kappa shape index (κ3) is 3.26. The molecule has 3 aromatic rings. The molecule has 25 heavy (non-hydrogen) atoms. The van der Waals surface area contributed by atoms with E-state index in [-0.39, 0.29) is 0 Å². The van der Waals surface area contributed by atoms with Crippen molar-refractivity contribution in [1.29, 1.82) is 0 Å². The predicted octanol–water partition coefficient (Wildman–Crippen LogP) is 2.47. The van der Waals surface area contributed by atoms with Crippen LogP contribution in [-0.4, -0.2) is 48.4 Å². The van der Waals surface area contributed by atoms with Crippen LogP contribution in [0.15, 0.2) is 53.2 Å². The van der Waals surface area contributed by atoms with Gasteiger partial charge in [-0.1, -0.05) is 23.4 Å². The Hall–Kier alpha value is -3.09. The van der Waals surface area contributed by atoms with Gasteiger partial charge < -0.3 is 19.1 Å². The molecule has 0 N–H and O–H groups in total. The van der Waals surface area contributed by atoms with E-state index < -0.39 is 0 Å². The summed E-state index contributed by atoms with van der Waals surface area (Å²) in [5, 5.41) is 4.10. The molecular formula is C18H19N5O2. The molecule has 1 saturated heterocycles. The third-order valence-electron chi connectivity index (χ3n) is 4.27. The first-order valence-electron chi connectivity index (χ1n) is 8.22. The standard InChI is InChI=1S/C18H19N5O2/c1-24-15-6-4-5-14(13-15)17-20-18(25-21-17)23-11-9-22(10-12-23)16-7-2-3-8-19-16/h2-8,13H,9-12H2,1H3. The average Bonchev–Trinajstić information content (AvgIpc) is 3.19. The number of nitrogens with zero attached hydrogens (tertiary/aromatic N) is 5. The number of rotatable bonds is 4. The number of anilines is 2. The predicted molar refractivity (Wildman–Crippen MR) is 94.9 cm³/mol. The molecule has 0 atom stereocenters. The zero-order valence-corrected chi connectivity index (χ0v) is 14.0. The highest BCUT2D eigenvalue weighted by Gasteiger charge is 2.22. The highest BCUT2D eigenvalue weighted by Crippen LogP contribution is 2.24. The van der Waals surface area contributed by atoms with Gasteiger partial charge in [-0.15, -0.1) is 0 Å². The first-order chi connectivity index (χ1) is 12.3. The summed E-state index contributed by atoms with van der Waals surface area (Å²) in [4.78, 5) is 13.3. The Morgan fingerprint density at radius 3 is 2.60 bits per heavy atom. The van der Waals surface area contributed by atoms with Crippen LogP contribution in [0, 0.1) is 0 Å². The quantitative estimate of drug-likeness (QED) is 0.724. The molecule has 0 amide bonds. The van der Waals surface area contributed by atoms with Crippen LogP contribution in [0.2, 0.25) is 0 Å². The molecule has 0 saturated carbocycles. The number of hydrogen-bond acceptors (Lipinski definition) is 7. The highest BCUT2D eigenvalue weighted by atomic mass is 16.5. The summed E-state index contributed by atoms with van der Waals surface area (Å²) in [6.45, 7) is 3.37. The van der Waals surface area contributed by atoms with Crippen molar-refractivity contribution < 1.29 is 9.26 Å². The molecule has 1 aliphatic rings. The van der Waals surface area contributed by atoms with Crippen LogP contribution in [0.25, 0.3) is 11.4 Å². The lowest BCUT2D eigenvalue weighted by molar-refractivity contribution is 0.409. The summed E-state index contributed by atoms with van der Waals surface area (Å²) in [5.41, 5.74) is 0.876. The maximum atomic E-state index is 5.46. The van der Waals surface area contributed by atoms with Gasteiger partial charge >= 0.3 is 6.01 Å². The van der Waals surface area contributed by atoms with Crippen LogP contribution in [0.4, 0.5) is 11.8 Å². The molecule has 0 radical (unpaired) electrons. The van der Waals surface area contributed by atoms with Gasteiger partial charge in [-0.3, -0.25) is 0 Å². The maximum absolute atomic E-state index is 5.46. The van der Waals surface area contributed by atoms with Gasteiger partial charge in [0.25, 0.3) is 0 Å². The minimum Gasteiger partial charge on any atom is -0.497 e. The largest absolute Gasteiger partial charge is 0.497 e. The monoisotopic (exact) mass is 337 g/mol. The zero-order chi connectivity index (χ0) is 17.1. The summed E-state index contributed by atoms with van der Waals surface area (Å²) in [6, 6.07) is 14.2. The molecule has 128 valence electrons. The number of hydrogen-bond donors (Lipinski definition) is 0. The van der Waals surface area contributed by atoms with Crippen molar-refractivity contribution in [1.82, 2.24) is 15.1 Å². The molecular weight excluding hydrogens is 318 g/mol. The van der Waals surface area contributed by atoms with Crippen LogP contribution in [0.1, 0.15) is 0 Å². The topological polar surface area (TPSA) is 67.5 Å². The minimum absolute atomic E-state index is 0.554. The molecule has 0 aliphatic carbocycles. The Balaban J connectivity index is 1.45. The molecule has 7 heteroatoms. The lowest BCUT2D eigenvalue weighted by Gasteiger charge is -2.34. The average molecular weight is 337 g/mol. The van der Waals surface area contributed by atoms with Gasteiger partial charge in [0, 0.05) is 37.9 Å². The van der Waals surface area contributed by atoms with Gasteiger partial charge in [-0.05, 0) is 24.3 Å². The van der Waals surface area contributed by atoms with E-state index in [9.17, 15) is 0 Å². The van der Waals surface area contributed by atoms with Gasteiger partial charge in [0.15, 0.2) is 0 Å². The van der Waals surface area contributed by atoms with E-state index in [2.05, 4.69) is 24.9 Å². The van der Waals surface area contributed by atoms with E-state index >= 15 is 0 Å². The van der Waals surface area contributed by atoms with Gasteiger partial charge in [-0.25, -0.2) is 4.98 Å². The Bertz CT molecular complexity index is 828. The number of piperazine rings is 1. The van der Waals surface area contributed by atoms with Crippen molar-refractivity contribution in [3.63, 3.8) is 0 Å². The van der Waals surface area contributed by atoms with Crippen molar-refractivity contribution in [3.8, 4) is 17.1 Å². The zero-order valence-electron chi connectivity index (χ0n) is 14.0. The summed E-state index contributed by atoms with van der Waals surface area (Å²) >= 11 is 0. The van der Waals surface area contributed by atoms with E-state index in [0.717, 1.165) is 43.3 Å². The van der Waals surface area contributed by atoms with Gasteiger partial charge in [0.05, 0.1) is 7.11 Å². The second-order valence-corrected chi connectivity index (χ2v) is 5.79. The number of aromatic nitrogens is 3. The summed E-state index contributed by atoms with van der Waals surface area (Å²) < 4.78 is 10.7. The fourth-order valence-electron chi connectivity index (χ4n) is 2.89. The second-order valence-electron chi connectivity index (χ2n) is 5.79. The molecule has 0 unspecified atom stereocenters. The molecule has 7 nitrogen and oxygen atoms in total.